The van der Waals surface area contributed by atoms with Gasteiger partial charge in [-0.05, 0) is 25.8 Å². The van der Waals surface area contributed by atoms with Crippen LogP contribution in [0.2, 0.25) is 0 Å². The third kappa shape index (κ3) is 4.88. The molecule has 3 unspecified atom stereocenters. The standard InChI is InChI=1S/C17H26Cl2N2O4/c1-7-17(5,6)25-16(24)12(10(4)8-18)21-13(19)11(15(21)23)20-14(22)9(2)3/h9,11-13H,4,7-8H2,1-3,5-6H3,(H,20,22). The Morgan fingerprint density at radius 2 is 1.96 bits per heavy atom. The fraction of sp³-hybridized carbons (Fsp3) is 0.706. The predicted molar refractivity (Wildman–Crippen MR) is 97.4 cm³/mol. The first-order chi connectivity index (χ1) is 11.5. The summed E-state index contributed by atoms with van der Waals surface area (Å²) in [6, 6.07) is -1.96. The molecule has 1 aliphatic heterocycles. The molecule has 0 saturated carbocycles. The second-order valence-electron chi connectivity index (χ2n) is 6.99. The van der Waals surface area contributed by atoms with Crippen molar-refractivity contribution in [3.05, 3.63) is 12.2 Å². The third-order valence-electron chi connectivity index (χ3n) is 4.17. The molecule has 0 aromatic carbocycles. The van der Waals surface area contributed by atoms with Gasteiger partial charge in [0.15, 0.2) is 6.04 Å². The summed E-state index contributed by atoms with van der Waals surface area (Å²) in [5.41, 5.74) is -1.26. The molecule has 0 aromatic rings. The maximum atomic E-state index is 12.6. The highest BCUT2D eigenvalue weighted by Crippen LogP contribution is 2.31. The lowest BCUT2D eigenvalue weighted by atomic mass is 9.98. The lowest BCUT2D eigenvalue weighted by molar-refractivity contribution is -0.171. The van der Waals surface area contributed by atoms with Crippen LogP contribution in [0, 0.1) is 5.92 Å². The second-order valence-corrected chi connectivity index (χ2v) is 7.70. The zero-order valence-corrected chi connectivity index (χ0v) is 16.8. The van der Waals surface area contributed by atoms with Crippen molar-refractivity contribution in [2.75, 3.05) is 5.88 Å². The van der Waals surface area contributed by atoms with E-state index in [0.29, 0.717) is 12.0 Å². The number of alkyl halides is 2. The van der Waals surface area contributed by atoms with E-state index in [1.165, 1.54) is 0 Å². The van der Waals surface area contributed by atoms with Crippen molar-refractivity contribution >= 4 is 41.0 Å². The first-order valence-electron chi connectivity index (χ1n) is 8.20. The highest BCUT2D eigenvalue weighted by Gasteiger charge is 2.53. The van der Waals surface area contributed by atoms with Crippen LogP contribution >= 0.6 is 23.2 Å². The van der Waals surface area contributed by atoms with Crippen LogP contribution in [0.1, 0.15) is 41.0 Å². The number of nitrogens with one attached hydrogen (secondary N) is 1. The number of likely N-dealkylation sites (tertiary alicyclic amines) is 1. The fourth-order valence-corrected chi connectivity index (χ4v) is 2.67. The van der Waals surface area contributed by atoms with Gasteiger partial charge in [0, 0.05) is 11.8 Å². The molecule has 0 spiro atoms. The predicted octanol–water partition coefficient (Wildman–Crippen LogP) is 2.43. The summed E-state index contributed by atoms with van der Waals surface area (Å²) in [7, 11) is 0. The molecule has 0 radical (unpaired) electrons. The van der Waals surface area contributed by atoms with E-state index in [-0.39, 0.29) is 17.7 Å². The van der Waals surface area contributed by atoms with Crippen LogP contribution in [0.5, 0.6) is 0 Å². The molecule has 8 heteroatoms. The van der Waals surface area contributed by atoms with Crippen LogP contribution < -0.4 is 5.32 Å². The fourth-order valence-electron chi connectivity index (χ4n) is 2.15. The van der Waals surface area contributed by atoms with Crippen LogP contribution in [0.15, 0.2) is 12.2 Å². The first-order valence-corrected chi connectivity index (χ1v) is 9.17. The molecule has 1 N–H and O–H groups in total. The molecule has 1 heterocycles. The normalized spacial score (nSPS) is 21.6. The van der Waals surface area contributed by atoms with Crippen molar-refractivity contribution < 1.29 is 19.1 Å². The number of hydrogen-bond acceptors (Lipinski definition) is 4. The highest BCUT2D eigenvalue weighted by molar-refractivity contribution is 6.27. The summed E-state index contributed by atoms with van der Waals surface area (Å²) < 4.78 is 5.48. The number of ether oxygens (including phenoxy) is 1. The number of nitrogens with zero attached hydrogens (tertiary/aromatic N) is 1. The van der Waals surface area contributed by atoms with Crippen molar-refractivity contribution in [1.82, 2.24) is 10.2 Å². The number of rotatable bonds is 8. The molecular formula is C17H26Cl2N2O4. The molecule has 6 nitrogen and oxygen atoms in total. The average molecular weight is 393 g/mol. The van der Waals surface area contributed by atoms with Gasteiger partial charge in [0.2, 0.25) is 5.91 Å². The first kappa shape index (κ1) is 21.8. The minimum absolute atomic E-state index is 0.0251. The van der Waals surface area contributed by atoms with Crippen LogP contribution in [0.25, 0.3) is 0 Å². The van der Waals surface area contributed by atoms with E-state index < -0.39 is 35.1 Å². The van der Waals surface area contributed by atoms with Gasteiger partial charge in [-0.25, -0.2) is 4.79 Å². The molecule has 1 saturated heterocycles. The number of hydrogen-bond donors (Lipinski definition) is 1. The Labute approximate surface area is 158 Å². The van der Waals surface area contributed by atoms with Gasteiger partial charge in [-0.3, -0.25) is 9.59 Å². The number of halogens is 2. The van der Waals surface area contributed by atoms with Gasteiger partial charge in [-0.15, -0.1) is 11.6 Å². The summed E-state index contributed by atoms with van der Waals surface area (Å²) in [6.07, 6.45) is 0.601. The second kappa shape index (κ2) is 8.41. The molecule has 1 aliphatic rings. The van der Waals surface area contributed by atoms with E-state index in [1.54, 1.807) is 27.7 Å². The van der Waals surface area contributed by atoms with Gasteiger partial charge >= 0.3 is 5.97 Å². The Balaban J connectivity index is 2.95. The number of carbonyl (C=O) groups is 3. The smallest absolute Gasteiger partial charge is 0.333 e. The molecule has 0 aromatic heterocycles. The van der Waals surface area contributed by atoms with E-state index in [0.717, 1.165) is 4.90 Å². The summed E-state index contributed by atoms with van der Waals surface area (Å²) >= 11 is 12.1. The largest absolute Gasteiger partial charge is 0.458 e. The lowest BCUT2D eigenvalue weighted by Crippen LogP contribution is -2.72. The van der Waals surface area contributed by atoms with Crippen molar-refractivity contribution in [3.8, 4) is 0 Å². The van der Waals surface area contributed by atoms with Gasteiger partial charge in [0.25, 0.3) is 5.91 Å². The van der Waals surface area contributed by atoms with Gasteiger partial charge in [-0.2, -0.15) is 0 Å². The van der Waals surface area contributed by atoms with E-state index in [2.05, 4.69) is 11.9 Å². The SMILES string of the molecule is C=C(CCl)C(C(=O)OC(C)(C)CC)N1C(=O)C(NC(=O)C(C)C)C1Cl. The summed E-state index contributed by atoms with van der Waals surface area (Å²) in [5.74, 6) is -1.69. The van der Waals surface area contributed by atoms with E-state index in [4.69, 9.17) is 27.9 Å². The number of esters is 1. The maximum Gasteiger partial charge on any atom is 0.333 e. The molecule has 0 bridgehead atoms. The molecule has 1 rings (SSSR count). The van der Waals surface area contributed by atoms with E-state index in [1.807, 2.05) is 6.92 Å². The Morgan fingerprint density at radius 1 is 1.40 bits per heavy atom. The van der Waals surface area contributed by atoms with E-state index >= 15 is 0 Å². The van der Waals surface area contributed by atoms with Crippen molar-refractivity contribution in [1.29, 1.82) is 0 Å². The van der Waals surface area contributed by atoms with E-state index in [9.17, 15) is 14.4 Å². The van der Waals surface area contributed by atoms with Crippen LogP contribution in [0.4, 0.5) is 0 Å². The zero-order chi connectivity index (χ0) is 19.5. The number of amides is 2. The van der Waals surface area contributed by atoms with Crippen LogP contribution in [-0.2, 0) is 19.1 Å². The summed E-state index contributed by atoms with van der Waals surface area (Å²) in [6.45, 7) is 12.6. The maximum absolute atomic E-state index is 12.6. The quantitative estimate of drug-likeness (QED) is 0.226. The molecule has 25 heavy (non-hydrogen) atoms. The molecule has 3 atom stereocenters. The minimum Gasteiger partial charge on any atom is -0.458 e. The van der Waals surface area contributed by atoms with Gasteiger partial charge in [0.1, 0.15) is 17.1 Å². The Bertz CT molecular complexity index is 563. The summed E-state index contributed by atoms with van der Waals surface area (Å²) in [4.78, 5) is 38.0. The summed E-state index contributed by atoms with van der Waals surface area (Å²) in [5, 5.41) is 2.58. The average Bonchev–Trinajstić information content (AvgIpc) is 2.55. The zero-order valence-electron chi connectivity index (χ0n) is 15.3. The number of β-lactam (4-membered cyclic amide) rings is 1. The molecule has 142 valence electrons. The third-order valence-corrected chi connectivity index (χ3v) is 4.98. The van der Waals surface area contributed by atoms with Crippen molar-refractivity contribution in [3.63, 3.8) is 0 Å². The minimum atomic E-state index is -1.08. The van der Waals surface area contributed by atoms with Crippen molar-refractivity contribution in [2.45, 2.75) is 64.2 Å². The van der Waals surface area contributed by atoms with Crippen molar-refractivity contribution in [2.24, 2.45) is 5.92 Å². The Morgan fingerprint density at radius 3 is 2.36 bits per heavy atom. The van der Waals surface area contributed by atoms with Gasteiger partial charge in [0.05, 0.1) is 0 Å². The van der Waals surface area contributed by atoms with Crippen LogP contribution in [-0.4, -0.2) is 51.7 Å². The lowest BCUT2D eigenvalue weighted by Gasteiger charge is -2.47. The van der Waals surface area contributed by atoms with Gasteiger partial charge in [-0.1, -0.05) is 39.0 Å². The van der Waals surface area contributed by atoms with Gasteiger partial charge < -0.3 is 15.0 Å². The molecule has 2 amide bonds. The Hall–Kier alpha value is -1.27. The topological polar surface area (TPSA) is 75.7 Å². The van der Waals surface area contributed by atoms with Crippen LogP contribution in [0.3, 0.4) is 0 Å². The monoisotopic (exact) mass is 392 g/mol. The molecule has 1 fully saturated rings. The molecular weight excluding hydrogens is 367 g/mol. The number of carbonyl (C=O) groups excluding carboxylic acids is 3. The highest BCUT2D eigenvalue weighted by atomic mass is 35.5. The Kier molecular flexibility index (Phi) is 7.32. The molecule has 0 aliphatic carbocycles.